The molecular formula is C19H20N2O2. The lowest BCUT2D eigenvalue weighted by molar-refractivity contribution is -0.132. The van der Waals surface area contributed by atoms with Crippen molar-refractivity contribution < 1.29 is 9.53 Å². The highest BCUT2D eigenvalue weighted by molar-refractivity contribution is 5.79. The SMILES string of the molecule is CCOc1ccc(C2=C[C@H](c3ccccc3)N(C(C)=O)N2)cc1. The van der Waals surface area contributed by atoms with E-state index in [9.17, 15) is 4.79 Å². The molecule has 2 aromatic rings. The van der Waals surface area contributed by atoms with Gasteiger partial charge in [-0.05, 0) is 48.4 Å². The minimum Gasteiger partial charge on any atom is -0.494 e. The number of carbonyl (C=O) groups excluding carboxylic acids is 1. The summed E-state index contributed by atoms with van der Waals surface area (Å²) in [6, 6.07) is 17.8. The van der Waals surface area contributed by atoms with E-state index in [1.54, 1.807) is 11.9 Å². The monoisotopic (exact) mass is 308 g/mol. The molecule has 0 radical (unpaired) electrons. The molecule has 1 atom stereocenters. The van der Waals surface area contributed by atoms with Crippen molar-refractivity contribution in [3.8, 4) is 5.75 Å². The van der Waals surface area contributed by atoms with Crippen molar-refractivity contribution in [2.75, 3.05) is 6.61 Å². The van der Waals surface area contributed by atoms with E-state index in [0.29, 0.717) is 6.61 Å². The summed E-state index contributed by atoms with van der Waals surface area (Å²) in [6.45, 7) is 4.18. The molecule has 1 N–H and O–H groups in total. The fraction of sp³-hybridized carbons (Fsp3) is 0.211. The molecule has 0 unspecified atom stereocenters. The van der Waals surface area contributed by atoms with Gasteiger partial charge in [-0.1, -0.05) is 30.3 Å². The van der Waals surface area contributed by atoms with Crippen LogP contribution in [-0.2, 0) is 4.79 Å². The predicted molar refractivity (Wildman–Crippen MR) is 90.4 cm³/mol. The Kier molecular flexibility index (Phi) is 4.33. The molecule has 0 aliphatic carbocycles. The smallest absolute Gasteiger partial charge is 0.238 e. The zero-order valence-corrected chi connectivity index (χ0v) is 13.3. The van der Waals surface area contributed by atoms with Gasteiger partial charge in [-0.15, -0.1) is 0 Å². The van der Waals surface area contributed by atoms with E-state index < -0.39 is 0 Å². The lowest BCUT2D eigenvalue weighted by Gasteiger charge is -2.24. The molecule has 2 aromatic carbocycles. The molecule has 0 fully saturated rings. The topological polar surface area (TPSA) is 41.6 Å². The van der Waals surface area contributed by atoms with Crippen molar-refractivity contribution in [1.29, 1.82) is 0 Å². The summed E-state index contributed by atoms with van der Waals surface area (Å²) in [5.41, 5.74) is 6.24. The van der Waals surface area contributed by atoms with Crippen LogP contribution < -0.4 is 10.2 Å². The first-order valence-electron chi connectivity index (χ1n) is 7.75. The van der Waals surface area contributed by atoms with Gasteiger partial charge in [0.1, 0.15) is 5.75 Å². The maximum Gasteiger partial charge on any atom is 0.238 e. The van der Waals surface area contributed by atoms with Crippen LogP contribution in [0.15, 0.2) is 60.7 Å². The van der Waals surface area contributed by atoms with E-state index in [0.717, 1.165) is 22.6 Å². The van der Waals surface area contributed by atoms with Gasteiger partial charge in [-0.25, -0.2) is 5.01 Å². The van der Waals surface area contributed by atoms with Gasteiger partial charge in [-0.2, -0.15) is 0 Å². The van der Waals surface area contributed by atoms with Gasteiger partial charge >= 0.3 is 0 Å². The maximum atomic E-state index is 12.0. The third-order valence-electron chi connectivity index (χ3n) is 3.80. The second-order valence-corrected chi connectivity index (χ2v) is 5.39. The van der Waals surface area contributed by atoms with Gasteiger partial charge in [0.15, 0.2) is 0 Å². The molecule has 0 aromatic heterocycles. The van der Waals surface area contributed by atoms with Gasteiger partial charge in [0, 0.05) is 6.92 Å². The molecule has 1 heterocycles. The molecular weight excluding hydrogens is 288 g/mol. The van der Waals surface area contributed by atoms with E-state index in [1.807, 2.05) is 61.5 Å². The largest absolute Gasteiger partial charge is 0.494 e. The van der Waals surface area contributed by atoms with E-state index in [2.05, 4.69) is 11.5 Å². The highest BCUT2D eigenvalue weighted by Gasteiger charge is 2.28. The zero-order valence-electron chi connectivity index (χ0n) is 13.3. The molecule has 1 aliphatic heterocycles. The average molecular weight is 308 g/mol. The molecule has 0 bridgehead atoms. The number of rotatable bonds is 4. The highest BCUT2D eigenvalue weighted by atomic mass is 16.5. The van der Waals surface area contributed by atoms with Crippen molar-refractivity contribution >= 4 is 11.6 Å². The molecule has 0 saturated heterocycles. The predicted octanol–water partition coefficient (Wildman–Crippen LogP) is 3.53. The first-order chi connectivity index (χ1) is 11.2. The van der Waals surface area contributed by atoms with Crippen LogP contribution in [0.1, 0.15) is 31.0 Å². The summed E-state index contributed by atoms with van der Waals surface area (Å²) < 4.78 is 5.47. The van der Waals surface area contributed by atoms with Crippen LogP contribution in [0.4, 0.5) is 0 Å². The molecule has 23 heavy (non-hydrogen) atoms. The second-order valence-electron chi connectivity index (χ2n) is 5.39. The van der Waals surface area contributed by atoms with Crippen LogP contribution in [0.25, 0.3) is 5.70 Å². The Labute approximate surface area is 136 Å². The van der Waals surface area contributed by atoms with Crippen LogP contribution >= 0.6 is 0 Å². The number of ether oxygens (including phenoxy) is 1. The van der Waals surface area contributed by atoms with Gasteiger partial charge in [-0.3, -0.25) is 10.2 Å². The van der Waals surface area contributed by atoms with Gasteiger partial charge in [0.25, 0.3) is 0 Å². The van der Waals surface area contributed by atoms with Crippen molar-refractivity contribution in [1.82, 2.24) is 10.4 Å². The third kappa shape index (κ3) is 3.21. The van der Waals surface area contributed by atoms with Crippen molar-refractivity contribution in [3.05, 3.63) is 71.8 Å². The van der Waals surface area contributed by atoms with Crippen LogP contribution in [0.5, 0.6) is 5.75 Å². The summed E-state index contributed by atoms with van der Waals surface area (Å²) in [5, 5.41) is 1.65. The summed E-state index contributed by atoms with van der Waals surface area (Å²) >= 11 is 0. The molecule has 0 spiro atoms. The standard InChI is InChI=1S/C19H20N2O2/c1-3-23-17-11-9-15(10-12-17)18-13-19(21(20-18)14(2)22)16-7-5-4-6-8-16/h4-13,19-20H,3H2,1-2H3/t19-/m1/s1. The van der Waals surface area contributed by atoms with Gasteiger partial charge < -0.3 is 4.74 Å². The lowest BCUT2D eigenvalue weighted by atomic mass is 10.0. The summed E-state index contributed by atoms with van der Waals surface area (Å²) in [6.07, 6.45) is 2.08. The van der Waals surface area contributed by atoms with Crippen molar-refractivity contribution in [2.24, 2.45) is 0 Å². The zero-order chi connectivity index (χ0) is 16.2. The maximum absolute atomic E-state index is 12.0. The molecule has 118 valence electrons. The third-order valence-corrected chi connectivity index (χ3v) is 3.80. The molecule has 1 aliphatic rings. The minimum atomic E-state index is -0.102. The number of hydrogen-bond donors (Lipinski definition) is 1. The molecule has 4 nitrogen and oxygen atoms in total. The number of amides is 1. The first kappa shape index (κ1) is 15.2. The summed E-state index contributed by atoms with van der Waals surface area (Å²) in [5.74, 6) is 0.828. The Bertz CT molecular complexity index is 708. The van der Waals surface area contributed by atoms with Crippen LogP contribution in [-0.4, -0.2) is 17.5 Å². The van der Waals surface area contributed by atoms with Crippen molar-refractivity contribution in [3.63, 3.8) is 0 Å². The number of nitrogens with zero attached hydrogens (tertiary/aromatic N) is 1. The number of hydrazine groups is 1. The van der Waals surface area contributed by atoms with E-state index in [-0.39, 0.29) is 11.9 Å². The quantitative estimate of drug-likeness (QED) is 0.939. The Morgan fingerprint density at radius 3 is 2.43 bits per heavy atom. The Morgan fingerprint density at radius 2 is 1.83 bits per heavy atom. The number of benzene rings is 2. The van der Waals surface area contributed by atoms with E-state index in [1.165, 1.54) is 0 Å². The fourth-order valence-corrected chi connectivity index (χ4v) is 2.70. The lowest BCUT2D eigenvalue weighted by Crippen LogP contribution is -2.37. The average Bonchev–Trinajstić information content (AvgIpc) is 3.02. The Morgan fingerprint density at radius 1 is 1.13 bits per heavy atom. The second kappa shape index (κ2) is 6.57. The van der Waals surface area contributed by atoms with Gasteiger partial charge in [0.05, 0.1) is 18.3 Å². The van der Waals surface area contributed by atoms with Crippen molar-refractivity contribution in [2.45, 2.75) is 19.9 Å². The molecule has 4 heteroatoms. The van der Waals surface area contributed by atoms with Gasteiger partial charge in [0.2, 0.25) is 5.91 Å². The molecule has 3 rings (SSSR count). The number of hydrogen-bond acceptors (Lipinski definition) is 3. The fourth-order valence-electron chi connectivity index (χ4n) is 2.70. The number of nitrogens with one attached hydrogen (secondary N) is 1. The van der Waals surface area contributed by atoms with E-state index in [4.69, 9.17) is 4.74 Å². The molecule has 0 saturated carbocycles. The summed E-state index contributed by atoms with van der Waals surface area (Å²) in [4.78, 5) is 12.0. The Balaban J connectivity index is 1.89. The summed E-state index contributed by atoms with van der Waals surface area (Å²) in [7, 11) is 0. The normalized spacial score (nSPS) is 16.7. The Hall–Kier alpha value is -2.75. The molecule has 1 amide bonds. The van der Waals surface area contributed by atoms with Crippen LogP contribution in [0.3, 0.4) is 0 Å². The minimum absolute atomic E-state index is 0.0176. The highest BCUT2D eigenvalue weighted by Crippen LogP contribution is 2.31. The first-order valence-corrected chi connectivity index (χ1v) is 7.75. The van der Waals surface area contributed by atoms with Crippen LogP contribution in [0.2, 0.25) is 0 Å². The van der Waals surface area contributed by atoms with Crippen LogP contribution in [0, 0.1) is 0 Å². The van der Waals surface area contributed by atoms with E-state index >= 15 is 0 Å². The number of carbonyl (C=O) groups is 1.